The first-order valence-corrected chi connectivity index (χ1v) is 12.9. The summed E-state index contributed by atoms with van der Waals surface area (Å²) in [5.74, 6) is -0.532. The van der Waals surface area contributed by atoms with E-state index in [4.69, 9.17) is 9.15 Å². The lowest BCUT2D eigenvalue weighted by molar-refractivity contribution is -0.137. The van der Waals surface area contributed by atoms with E-state index in [1.165, 1.54) is 48.5 Å². The van der Waals surface area contributed by atoms with Crippen LogP contribution in [0, 0.1) is 6.92 Å². The van der Waals surface area contributed by atoms with Gasteiger partial charge in [-0.3, -0.25) is 0 Å². The molecule has 1 N–H and O–H groups in total. The molecule has 0 spiro atoms. The zero-order valence-electron chi connectivity index (χ0n) is 20.1. The standard InChI is InChI=1S/C27H19F3N2O6S/c1-16-22(31-25(38-16)17-6-8-19(9-7-17)27(28,29)30)15-37-20-10-12-21(13-11-20)39(35,36)32-23-5-3-2-4-18(23)14-24(32)26(33)34/h2-14H,15H2,1H3,(H,33,34). The molecule has 0 amide bonds. The molecule has 0 aliphatic rings. The Balaban J connectivity index is 1.34. The molecule has 5 aromatic rings. The van der Waals surface area contributed by atoms with Crippen LogP contribution in [0.25, 0.3) is 22.4 Å². The maximum absolute atomic E-state index is 13.4. The van der Waals surface area contributed by atoms with Gasteiger partial charge in [-0.25, -0.2) is 22.2 Å². The third-order valence-corrected chi connectivity index (χ3v) is 7.72. The van der Waals surface area contributed by atoms with Crippen molar-refractivity contribution in [1.29, 1.82) is 0 Å². The highest BCUT2D eigenvalue weighted by Gasteiger charge is 2.30. The smallest absolute Gasteiger partial charge is 0.416 e. The van der Waals surface area contributed by atoms with Crippen molar-refractivity contribution in [3.05, 3.63) is 102 Å². The van der Waals surface area contributed by atoms with Crippen LogP contribution in [0.15, 0.2) is 88.2 Å². The van der Waals surface area contributed by atoms with Crippen molar-refractivity contribution in [3.63, 3.8) is 0 Å². The van der Waals surface area contributed by atoms with Crippen LogP contribution in [0.3, 0.4) is 0 Å². The number of benzene rings is 3. The summed E-state index contributed by atoms with van der Waals surface area (Å²) < 4.78 is 77.2. The summed E-state index contributed by atoms with van der Waals surface area (Å²) in [5.41, 5.74) is -0.160. The lowest BCUT2D eigenvalue weighted by Gasteiger charge is -2.11. The van der Waals surface area contributed by atoms with Gasteiger partial charge in [-0.1, -0.05) is 18.2 Å². The maximum Gasteiger partial charge on any atom is 0.416 e. The van der Waals surface area contributed by atoms with Crippen LogP contribution in [-0.4, -0.2) is 28.5 Å². The van der Waals surface area contributed by atoms with Gasteiger partial charge in [0.2, 0.25) is 5.89 Å². The van der Waals surface area contributed by atoms with Crippen LogP contribution in [0.2, 0.25) is 0 Å². The zero-order valence-corrected chi connectivity index (χ0v) is 21.0. The van der Waals surface area contributed by atoms with Crippen LogP contribution in [0.4, 0.5) is 13.2 Å². The third-order valence-electron chi connectivity index (χ3n) is 5.98. The number of ether oxygens (including phenoxy) is 1. The highest BCUT2D eigenvalue weighted by Crippen LogP contribution is 2.32. The number of halogens is 3. The highest BCUT2D eigenvalue weighted by molar-refractivity contribution is 7.90. The number of carboxylic acid groups (broad SMARTS) is 1. The normalized spacial score (nSPS) is 12.1. The monoisotopic (exact) mass is 556 g/mol. The van der Waals surface area contributed by atoms with Gasteiger partial charge in [0.25, 0.3) is 10.0 Å². The van der Waals surface area contributed by atoms with E-state index in [1.54, 1.807) is 25.1 Å². The lowest BCUT2D eigenvalue weighted by atomic mass is 10.1. The molecule has 0 unspecified atom stereocenters. The molecule has 39 heavy (non-hydrogen) atoms. The summed E-state index contributed by atoms with van der Waals surface area (Å²) in [4.78, 5) is 15.9. The number of hydrogen-bond donors (Lipinski definition) is 1. The van der Waals surface area contributed by atoms with Crippen LogP contribution in [-0.2, 0) is 22.8 Å². The Kier molecular flexibility index (Phi) is 6.43. The SMILES string of the molecule is Cc1oc(-c2ccc(C(F)(F)F)cc2)nc1COc1ccc(S(=O)(=O)n2c(C(=O)O)cc3ccccc32)cc1. The van der Waals surface area contributed by atoms with E-state index in [1.807, 2.05) is 0 Å². The maximum atomic E-state index is 13.4. The minimum absolute atomic E-state index is 0.0481. The molecule has 0 saturated heterocycles. The third kappa shape index (κ3) is 4.98. The molecule has 0 radical (unpaired) electrons. The summed E-state index contributed by atoms with van der Waals surface area (Å²) in [6.45, 7) is 1.59. The van der Waals surface area contributed by atoms with Gasteiger partial charge in [-0.05, 0) is 67.6 Å². The number of fused-ring (bicyclic) bond motifs is 1. The number of alkyl halides is 3. The molecule has 3 aromatic carbocycles. The van der Waals surface area contributed by atoms with Gasteiger partial charge in [-0.15, -0.1) is 0 Å². The Hall–Kier alpha value is -4.58. The molecule has 0 bridgehead atoms. The average Bonchev–Trinajstić information content (AvgIpc) is 3.48. The van der Waals surface area contributed by atoms with E-state index in [9.17, 15) is 31.5 Å². The summed E-state index contributed by atoms with van der Waals surface area (Å²) in [5, 5.41) is 10.0. The second-order valence-corrected chi connectivity index (χ2v) is 10.3. The Labute approximate surface area is 220 Å². The molecule has 2 aromatic heterocycles. The van der Waals surface area contributed by atoms with E-state index in [0.29, 0.717) is 28.2 Å². The van der Waals surface area contributed by atoms with Crippen molar-refractivity contribution >= 4 is 26.9 Å². The second kappa shape index (κ2) is 9.62. The number of aryl methyl sites for hydroxylation is 1. The summed E-state index contributed by atoms with van der Waals surface area (Å²) >= 11 is 0. The predicted octanol–water partition coefficient (Wildman–Crippen LogP) is 6.14. The fraction of sp³-hybridized carbons (Fsp3) is 0.111. The van der Waals surface area contributed by atoms with Crippen molar-refractivity contribution in [2.45, 2.75) is 24.6 Å². The Bertz CT molecular complexity index is 1790. The van der Waals surface area contributed by atoms with Crippen LogP contribution in [0.1, 0.15) is 27.5 Å². The topological polar surface area (TPSA) is 112 Å². The average molecular weight is 557 g/mol. The van der Waals surface area contributed by atoms with Gasteiger partial charge in [0.05, 0.1) is 16.0 Å². The first kappa shape index (κ1) is 26.0. The van der Waals surface area contributed by atoms with E-state index in [2.05, 4.69) is 4.98 Å². The van der Waals surface area contributed by atoms with Gasteiger partial charge in [-0.2, -0.15) is 13.2 Å². The van der Waals surface area contributed by atoms with Gasteiger partial charge in [0, 0.05) is 10.9 Å². The molecule has 0 fully saturated rings. The van der Waals surface area contributed by atoms with Gasteiger partial charge >= 0.3 is 12.1 Å². The van der Waals surface area contributed by atoms with Gasteiger partial charge in [0.15, 0.2) is 0 Å². The fourth-order valence-electron chi connectivity index (χ4n) is 3.99. The minimum atomic E-state index is -4.45. The Morgan fingerprint density at radius 1 is 1.03 bits per heavy atom. The number of oxazole rings is 1. The molecule has 0 aliphatic heterocycles. The number of aromatic carboxylic acids is 1. The number of carboxylic acids is 1. The molecular formula is C27H19F3N2O6S. The van der Waals surface area contributed by atoms with Crippen LogP contribution < -0.4 is 4.74 Å². The molecular weight excluding hydrogens is 537 g/mol. The first-order valence-electron chi connectivity index (χ1n) is 11.4. The van der Waals surface area contributed by atoms with Crippen LogP contribution in [0.5, 0.6) is 5.75 Å². The Morgan fingerprint density at radius 3 is 2.33 bits per heavy atom. The molecule has 5 rings (SSSR count). The molecule has 0 aliphatic carbocycles. The zero-order chi connectivity index (χ0) is 27.9. The number of nitrogens with zero attached hydrogens (tertiary/aromatic N) is 2. The van der Waals surface area contributed by atoms with Crippen molar-refractivity contribution < 1.29 is 40.6 Å². The van der Waals surface area contributed by atoms with Gasteiger partial charge in [0.1, 0.15) is 29.5 Å². The predicted molar refractivity (Wildman–Crippen MR) is 134 cm³/mol. The van der Waals surface area contributed by atoms with Crippen molar-refractivity contribution in [2.24, 2.45) is 0 Å². The first-order chi connectivity index (χ1) is 18.4. The molecule has 0 atom stereocenters. The number of rotatable bonds is 7. The molecule has 2 heterocycles. The molecule has 0 saturated carbocycles. The summed E-state index contributed by atoms with van der Waals surface area (Å²) in [6.07, 6.45) is -4.45. The molecule has 200 valence electrons. The Morgan fingerprint density at radius 2 is 1.69 bits per heavy atom. The highest BCUT2D eigenvalue weighted by atomic mass is 32.2. The number of aromatic nitrogens is 2. The number of para-hydroxylation sites is 1. The van der Waals surface area contributed by atoms with Gasteiger partial charge < -0.3 is 14.3 Å². The fourth-order valence-corrected chi connectivity index (χ4v) is 5.50. The van der Waals surface area contributed by atoms with Crippen molar-refractivity contribution in [1.82, 2.24) is 8.96 Å². The van der Waals surface area contributed by atoms with E-state index in [0.717, 1.165) is 16.1 Å². The second-order valence-electron chi connectivity index (χ2n) is 8.52. The van der Waals surface area contributed by atoms with Crippen LogP contribution >= 0.6 is 0 Å². The largest absolute Gasteiger partial charge is 0.487 e. The number of carbonyl (C=O) groups is 1. The summed E-state index contributed by atoms with van der Waals surface area (Å²) in [7, 11) is -4.25. The van der Waals surface area contributed by atoms with E-state index in [-0.39, 0.29) is 28.6 Å². The van der Waals surface area contributed by atoms with Crippen molar-refractivity contribution in [3.8, 4) is 17.2 Å². The van der Waals surface area contributed by atoms with E-state index >= 15 is 0 Å². The lowest BCUT2D eigenvalue weighted by Crippen LogP contribution is -2.18. The molecule has 8 nitrogen and oxygen atoms in total. The summed E-state index contributed by atoms with van der Waals surface area (Å²) in [6, 6.07) is 17.6. The number of hydrogen-bond acceptors (Lipinski definition) is 6. The minimum Gasteiger partial charge on any atom is -0.487 e. The van der Waals surface area contributed by atoms with E-state index < -0.39 is 27.7 Å². The quantitative estimate of drug-likeness (QED) is 0.256. The molecule has 12 heteroatoms. The van der Waals surface area contributed by atoms with Crippen molar-refractivity contribution in [2.75, 3.05) is 0 Å².